The Labute approximate surface area is 160 Å². The Morgan fingerprint density at radius 2 is 1.82 bits per heavy atom. The molecule has 2 aromatic carbocycles. The van der Waals surface area contributed by atoms with Crippen LogP contribution in [-0.4, -0.2) is 24.3 Å². The number of imidazole rings is 1. The van der Waals surface area contributed by atoms with Crippen LogP contribution < -0.4 is 11.4 Å². The average Bonchev–Trinajstić information content (AvgIpc) is 3.31. The number of nitrogen functional groups attached to an aromatic ring is 1. The first-order chi connectivity index (χ1) is 13.7. The highest BCUT2D eigenvalue weighted by Gasteiger charge is 2.14. The molecule has 7 nitrogen and oxygen atoms in total. The third-order valence-corrected chi connectivity index (χ3v) is 4.88. The Balaban J connectivity index is 1.61. The van der Waals surface area contributed by atoms with E-state index in [9.17, 15) is 4.79 Å². The summed E-state index contributed by atoms with van der Waals surface area (Å²) in [5.74, 6) is 0.331. The van der Waals surface area contributed by atoms with E-state index in [0.717, 1.165) is 27.5 Å². The molecule has 0 aliphatic carbocycles. The third-order valence-electron chi connectivity index (χ3n) is 4.88. The summed E-state index contributed by atoms with van der Waals surface area (Å²) in [6.45, 7) is 1.13. The minimum absolute atomic E-state index is 0.197. The number of fused-ring (bicyclic) bond motifs is 3. The number of anilines is 1. The van der Waals surface area contributed by atoms with E-state index in [4.69, 9.17) is 5.73 Å². The molecule has 0 aliphatic heterocycles. The molecule has 5 aromatic rings. The quantitative estimate of drug-likeness (QED) is 0.509. The minimum Gasteiger partial charge on any atom is -0.382 e. The maximum absolute atomic E-state index is 12.7. The lowest BCUT2D eigenvalue weighted by Crippen LogP contribution is -2.17. The topological polar surface area (TPSA) is 94.5 Å². The predicted octanol–water partition coefficient (Wildman–Crippen LogP) is 2.75. The smallest absolute Gasteiger partial charge is 0.326 e. The van der Waals surface area contributed by atoms with Crippen LogP contribution in [0.1, 0.15) is 11.1 Å². The van der Waals surface area contributed by atoms with Crippen molar-refractivity contribution in [2.75, 3.05) is 5.73 Å². The molecule has 0 amide bonds. The van der Waals surface area contributed by atoms with Gasteiger partial charge in [-0.25, -0.2) is 9.78 Å². The number of rotatable bonds is 4. The molecule has 0 unspecified atom stereocenters. The molecule has 3 aromatic heterocycles. The lowest BCUT2D eigenvalue weighted by molar-refractivity contribution is 0.685. The van der Waals surface area contributed by atoms with Gasteiger partial charge in [0, 0.05) is 17.8 Å². The van der Waals surface area contributed by atoms with Crippen molar-refractivity contribution < 1.29 is 0 Å². The fraction of sp³-hybridized carbons (Fsp3) is 0.0952. The first-order valence-corrected chi connectivity index (χ1v) is 9.01. The summed E-state index contributed by atoms with van der Waals surface area (Å²) < 4.78 is 3.60. The number of nitrogens with one attached hydrogen (secondary N) is 1. The van der Waals surface area contributed by atoms with Crippen molar-refractivity contribution in [3.05, 3.63) is 88.6 Å². The number of hydrogen-bond donors (Lipinski definition) is 2. The van der Waals surface area contributed by atoms with Crippen molar-refractivity contribution >= 4 is 27.8 Å². The molecular formula is C21H18N6O. The zero-order valence-electron chi connectivity index (χ0n) is 15.0. The first-order valence-electron chi connectivity index (χ1n) is 9.01. The molecule has 0 fully saturated rings. The standard InChI is InChI=1S/C21H18N6O/c22-20-18-19(16-7-1-2-8-17(16)24-20)27(21(28)25-18)13-15-6-3-5-14(11-15)12-26-10-4-9-23-26/h1-11H,12-13H2,(H2,22,24)(H,25,28). The second kappa shape index (κ2) is 6.38. The van der Waals surface area contributed by atoms with Gasteiger partial charge in [-0.2, -0.15) is 5.10 Å². The van der Waals surface area contributed by atoms with Crippen LogP contribution in [-0.2, 0) is 13.1 Å². The molecule has 0 bridgehead atoms. The largest absolute Gasteiger partial charge is 0.382 e. The van der Waals surface area contributed by atoms with E-state index in [1.54, 1.807) is 10.8 Å². The van der Waals surface area contributed by atoms with E-state index in [0.29, 0.717) is 24.4 Å². The SMILES string of the molecule is Nc1nc2ccccc2c2c1[nH]c(=O)n2Cc1cccc(Cn2cccn2)c1. The number of para-hydroxylation sites is 1. The van der Waals surface area contributed by atoms with E-state index in [2.05, 4.69) is 27.2 Å². The van der Waals surface area contributed by atoms with Crippen LogP contribution in [0.5, 0.6) is 0 Å². The van der Waals surface area contributed by atoms with E-state index in [1.807, 2.05) is 53.3 Å². The molecular weight excluding hydrogens is 352 g/mol. The molecule has 0 atom stereocenters. The highest BCUT2D eigenvalue weighted by Crippen LogP contribution is 2.26. The average molecular weight is 370 g/mol. The molecule has 28 heavy (non-hydrogen) atoms. The van der Waals surface area contributed by atoms with Crippen molar-refractivity contribution in [2.24, 2.45) is 0 Å². The number of aromatic nitrogens is 5. The van der Waals surface area contributed by atoms with Crippen molar-refractivity contribution in [3.63, 3.8) is 0 Å². The van der Waals surface area contributed by atoms with Gasteiger partial charge in [0.25, 0.3) is 0 Å². The van der Waals surface area contributed by atoms with Gasteiger partial charge in [0.2, 0.25) is 0 Å². The van der Waals surface area contributed by atoms with Crippen LogP contribution in [0.25, 0.3) is 21.9 Å². The number of benzene rings is 2. The summed E-state index contributed by atoms with van der Waals surface area (Å²) in [4.78, 5) is 20.0. The molecule has 5 rings (SSSR count). The Kier molecular flexibility index (Phi) is 3.72. The van der Waals surface area contributed by atoms with Crippen molar-refractivity contribution in [1.29, 1.82) is 0 Å². The lowest BCUT2D eigenvalue weighted by atomic mass is 10.1. The van der Waals surface area contributed by atoms with Gasteiger partial charge in [-0.15, -0.1) is 0 Å². The van der Waals surface area contributed by atoms with Gasteiger partial charge in [0.05, 0.1) is 24.1 Å². The minimum atomic E-state index is -0.197. The van der Waals surface area contributed by atoms with Crippen molar-refractivity contribution in [2.45, 2.75) is 13.1 Å². The summed E-state index contributed by atoms with van der Waals surface area (Å²) in [6.07, 6.45) is 3.69. The highest BCUT2D eigenvalue weighted by atomic mass is 16.1. The molecule has 7 heteroatoms. The molecule has 138 valence electrons. The monoisotopic (exact) mass is 370 g/mol. The molecule has 0 aliphatic rings. The van der Waals surface area contributed by atoms with Crippen LogP contribution in [0.3, 0.4) is 0 Å². The van der Waals surface area contributed by atoms with Crippen molar-refractivity contribution in [3.8, 4) is 0 Å². The fourth-order valence-corrected chi connectivity index (χ4v) is 3.63. The van der Waals surface area contributed by atoms with E-state index in [-0.39, 0.29) is 5.69 Å². The summed E-state index contributed by atoms with van der Waals surface area (Å²) in [5, 5.41) is 5.15. The van der Waals surface area contributed by atoms with Gasteiger partial charge in [-0.05, 0) is 23.3 Å². The molecule has 0 saturated carbocycles. The molecule has 0 saturated heterocycles. The number of H-pyrrole nitrogens is 1. The van der Waals surface area contributed by atoms with Crippen LogP contribution in [0.4, 0.5) is 5.82 Å². The maximum Gasteiger partial charge on any atom is 0.326 e. The maximum atomic E-state index is 12.7. The second-order valence-electron chi connectivity index (χ2n) is 6.78. The molecule has 3 heterocycles. The van der Waals surface area contributed by atoms with E-state index < -0.39 is 0 Å². The second-order valence-corrected chi connectivity index (χ2v) is 6.78. The summed E-state index contributed by atoms with van der Waals surface area (Å²) >= 11 is 0. The van der Waals surface area contributed by atoms with E-state index >= 15 is 0 Å². The Morgan fingerprint density at radius 1 is 1.00 bits per heavy atom. The normalized spacial score (nSPS) is 11.4. The van der Waals surface area contributed by atoms with Gasteiger partial charge in [0.15, 0.2) is 0 Å². The number of aromatic amines is 1. The molecule has 0 spiro atoms. The number of hydrogen-bond acceptors (Lipinski definition) is 4. The molecule has 0 radical (unpaired) electrons. The van der Waals surface area contributed by atoms with Gasteiger partial charge in [-0.3, -0.25) is 9.25 Å². The Morgan fingerprint density at radius 3 is 2.64 bits per heavy atom. The van der Waals surface area contributed by atoms with E-state index in [1.165, 1.54) is 0 Å². The third kappa shape index (κ3) is 2.73. The van der Waals surface area contributed by atoms with Crippen LogP contribution >= 0.6 is 0 Å². The highest BCUT2D eigenvalue weighted by molar-refractivity contribution is 6.06. The zero-order valence-corrected chi connectivity index (χ0v) is 15.0. The number of nitrogens with zero attached hydrogens (tertiary/aromatic N) is 4. The lowest BCUT2D eigenvalue weighted by Gasteiger charge is -2.09. The van der Waals surface area contributed by atoms with Crippen LogP contribution in [0.2, 0.25) is 0 Å². The fourth-order valence-electron chi connectivity index (χ4n) is 3.63. The summed E-state index contributed by atoms with van der Waals surface area (Å²) in [7, 11) is 0. The van der Waals surface area contributed by atoms with Crippen LogP contribution in [0.15, 0.2) is 71.8 Å². The van der Waals surface area contributed by atoms with Crippen molar-refractivity contribution in [1.82, 2.24) is 24.3 Å². The number of pyridine rings is 1. The summed E-state index contributed by atoms with van der Waals surface area (Å²) in [6, 6.07) is 17.8. The van der Waals surface area contributed by atoms with Gasteiger partial charge in [-0.1, -0.05) is 42.5 Å². The molecule has 3 N–H and O–H groups in total. The Hall–Kier alpha value is -3.87. The van der Waals surface area contributed by atoms with Gasteiger partial charge >= 0.3 is 5.69 Å². The Bertz CT molecular complexity index is 1350. The van der Waals surface area contributed by atoms with Gasteiger partial charge in [0.1, 0.15) is 11.3 Å². The van der Waals surface area contributed by atoms with Gasteiger partial charge < -0.3 is 10.7 Å². The zero-order chi connectivity index (χ0) is 19.1. The van der Waals surface area contributed by atoms with Crippen LogP contribution in [0, 0.1) is 0 Å². The first kappa shape index (κ1) is 16.3. The predicted molar refractivity (Wildman–Crippen MR) is 109 cm³/mol. The number of nitrogens with two attached hydrogens (primary N) is 1. The summed E-state index contributed by atoms with van der Waals surface area (Å²) in [5.41, 5.74) is 10.2.